The molecule has 1 unspecified atom stereocenters. The summed E-state index contributed by atoms with van der Waals surface area (Å²) in [6.45, 7) is 6.02. The maximum atomic E-state index is 11.6. The molecule has 2 aromatic carbocycles. The minimum absolute atomic E-state index is 0.203. The van der Waals surface area contributed by atoms with Gasteiger partial charge in [0.05, 0.1) is 3.57 Å². The van der Waals surface area contributed by atoms with Gasteiger partial charge in [-0.25, -0.2) is 4.79 Å². The lowest BCUT2D eigenvalue weighted by Crippen LogP contribution is -2.33. The van der Waals surface area contributed by atoms with Gasteiger partial charge < -0.3 is 14.7 Å². The smallest absolute Gasteiger partial charge is 0.407 e. The second-order valence-electron chi connectivity index (χ2n) is 7.56. The number of carboxylic acid groups (broad SMARTS) is 1. The van der Waals surface area contributed by atoms with E-state index in [2.05, 4.69) is 60.7 Å². The molecule has 1 aliphatic rings. The lowest BCUT2D eigenvalue weighted by atomic mass is 9.87. The molecule has 1 N–H and O–H groups in total. The molecule has 4 nitrogen and oxygen atoms in total. The summed E-state index contributed by atoms with van der Waals surface area (Å²) >= 11 is 2.32. The van der Waals surface area contributed by atoms with E-state index >= 15 is 0 Å². The number of amides is 1. The van der Waals surface area contributed by atoms with Gasteiger partial charge in [-0.1, -0.05) is 44.2 Å². The predicted molar refractivity (Wildman–Crippen MR) is 115 cm³/mol. The highest BCUT2D eigenvalue weighted by atomic mass is 127. The molecule has 0 saturated carbocycles. The van der Waals surface area contributed by atoms with Crippen LogP contribution < -0.4 is 4.74 Å². The second kappa shape index (κ2) is 8.95. The van der Waals surface area contributed by atoms with Crippen LogP contribution >= 0.6 is 22.6 Å². The first-order chi connectivity index (χ1) is 12.9. The first kappa shape index (κ1) is 20.0. The second-order valence-corrected chi connectivity index (χ2v) is 8.72. The molecule has 0 aromatic heterocycles. The van der Waals surface area contributed by atoms with Crippen LogP contribution in [0.3, 0.4) is 0 Å². The number of nitrogens with zero attached hydrogens (tertiary/aromatic N) is 1. The fourth-order valence-electron chi connectivity index (χ4n) is 3.71. The monoisotopic (exact) mass is 479 g/mol. The average molecular weight is 479 g/mol. The molecular formula is C22H26INO3. The van der Waals surface area contributed by atoms with Gasteiger partial charge in [0.2, 0.25) is 0 Å². The fraction of sp³-hybridized carbons (Fsp3) is 0.409. The van der Waals surface area contributed by atoms with Crippen LogP contribution in [0, 0.1) is 9.49 Å². The van der Waals surface area contributed by atoms with Gasteiger partial charge in [-0.15, -0.1) is 0 Å². The summed E-state index contributed by atoms with van der Waals surface area (Å²) in [5.74, 6) is 1.59. The van der Waals surface area contributed by atoms with Gasteiger partial charge in [-0.05, 0) is 70.2 Å². The molecule has 1 atom stereocenters. The van der Waals surface area contributed by atoms with Crippen LogP contribution in [0.4, 0.5) is 4.79 Å². The van der Waals surface area contributed by atoms with E-state index in [4.69, 9.17) is 4.74 Å². The largest absolute Gasteiger partial charge is 0.488 e. The molecule has 0 fully saturated rings. The lowest BCUT2D eigenvalue weighted by molar-refractivity contribution is 0.142. The Morgan fingerprint density at radius 3 is 2.70 bits per heavy atom. The zero-order chi connectivity index (χ0) is 19.4. The van der Waals surface area contributed by atoms with Crippen molar-refractivity contribution >= 4 is 28.7 Å². The Balaban J connectivity index is 1.88. The molecule has 0 aliphatic carbocycles. The highest BCUT2D eigenvalue weighted by Gasteiger charge is 2.27. The van der Waals surface area contributed by atoms with Crippen molar-refractivity contribution in [3.05, 3.63) is 62.7 Å². The zero-order valence-electron chi connectivity index (χ0n) is 15.8. The van der Waals surface area contributed by atoms with Crippen LogP contribution in [0.15, 0.2) is 42.5 Å². The summed E-state index contributed by atoms with van der Waals surface area (Å²) in [4.78, 5) is 13.1. The molecule has 0 spiro atoms. The van der Waals surface area contributed by atoms with Crippen molar-refractivity contribution in [3.63, 3.8) is 0 Å². The van der Waals surface area contributed by atoms with Crippen LogP contribution in [0.5, 0.6) is 5.75 Å². The predicted octanol–water partition coefficient (Wildman–Crippen LogP) is 5.54. The minimum atomic E-state index is -0.827. The Bertz CT molecular complexity index is 792. The average Bonchev–Trinajstić information content (AvgIpc) is 2.80. The maximum Gasteiger partial charge on any atom is 0.407 e. The van der Waals surface area contributed by atoms with Gasteiger partial charge in [0, 0.05) is 19.0 Å². The number of ether oxygens (including phenoxy) is 1. The molecule has 1 heterocycles. The maximum absolute atomic E-state index is 11.6. The van der Waals surface area contributed by atoms with Crippen LogP contribution in [0.2, 0.25) is 0 Å². The molecule has 5 heteroatoms. The minimum Gasteiger partial charge on any atom is -0.488 e. The van der Waals surface area contributed by atoms with Gasteiger partial charge >= 0.3 is 6.09 Å². The van der Waals surface area contributed by atoms with E-state index in [-0.39, 0.29) is 5.92 Å². The van der Waals surface area contributed by atoms with Crippen LogP contribution in [0.1, 0.15) is 42.9 Å². The number of halogens is 1. The van der Waals surface area contributed by atoms with E-state index in [0.717, 1.165) is 27.7 Å². The summed E-state index contributed by atoms with van der Waals surface area (Å²) in [7, 11) is 0. The number of hydrogen-bond donors (Lipinski definition) is 1. The number of fused-ring (bicyclic) bond motifs is 1. The summed E-state index contributed by atoms with van der Waals surface area (Å²) in [5, 5.41) is 9.51. The number of rotatable bonds is 5. The highest BCUT2D eigenvalue weighted by Crippen LogP contribution is 2.36. The van der Waals surface area contributed by atoms with Crippen LogP contribution in [0.25, 0.3) is 0 Å². The van der Waals surface area contributed by atoms with Crippen molar-refractivity contribution in [2.45, 2.75) is 39.2 Å². The Morgan fingerprint density at radius 2 is 2.04 bits per heavy atom. The fourth-order valence-corrected chi connectivity index (χ4v) is 4.40. The molecule has 0 saturated heterocycles. The normalized spacial score (nSPS) is 16.7. The Hall–Kier alpha value is -1.76. The number of carbonyl (C=O) groups is 1. The van der Waals surface area contributed by atoms with E-state index in [1.807, 2.05) is 18.2 Å². The topological polar surface area (TPSA) is 49.8 Å². The highest BCUT2D eigenvalue weighted by molar-refractivity contribution is 14.1. The third kappa shape index (κ3) is 5.15. The van der Waals surface area contributed by atoms with Gasteiger partial charge in [0.15, 0.2) is 0 Å². The van der Waals surface area contributed by atoms with Crippen LogP contribution in [-0.4, -0.2) is 29.2 Å². The molecule has 1 aliphatic heterocycles. The van der Waals surface area contributed by atoms with Crippen molar-refractivity contribution in [3.8, 4) is 5.75 Å². The zero-order valence-corrected chi connectivity index (χ0v) is 18.0. The SMILES string of the molecule is CC(C)CC1CN(C(=O)O)CCc2cc(I)c(OCc3ccccc3)cc21. The van der Waals surface area contributed by atoms with E-state index in [0.29, 0.717) is 25.6 Å². The van der Waals surface area contributed by atoms with Crippen molar-refractivity contribution in [1.29, 1.82) is 0 Å². The molecule has 144 valence electrons. The Labute approximate surface area is 174 Å². The Morgan fingerprint density at radius 1 is 1.30 bits per heavy atom. The van der Waals surface area contributed by atoms with E-state index in [1.54, 1.807) is 4.90 Å². The first-order valence-electron chi connectivity index (χ1n) is 9.41. The van der Waals surface area contributed by atoms with Gasteiger partial charge in [-0.3, -0.25) is 0 Å². The third-order valence-corrected chi connectivity index (χ3v) is 5.83. The molecule has 0 bridgehead atoms. The van der Waals surface area contributed by atoms with E-state index in [1.165, 1.54) is 11.1 Å². The standard InChI is InChI=1S/C22H26INO3/c1-15(2)10-18-13-24(22(25)26)9-8-17-11-20(23)21(12-19(17)18)27-14-16-6-4-3-5-7-16/h3-7,11-12,15,18H,8-10,13-14H2,1-2H3,(H,25,26). The molecule has 0 radical (unpaired) electrons. The van der Waals surface area contributed by atoms with Crippen LogP contribution in [-0.2, 0) is 13.0 Å². The molecule has 3 rings (SSSR count). The summed E-state index contributed by atoms with van der Waals surface area (Å²) in [6, 6.07) is 14.5. The quantitative estimate of drug-likeness (QED) is 0.574. The molecule has 27 heavy (non-hydrogen) atoms. The summed E-state index contributed by atoms with van der Waals surface area (Å²) in [5.41, 5.74) is 3.64. The van der Waals surface area contributed by atoms with Crippen molar-refractivity contribution < 1.29 is 14.6 Å². The van der Waals surface area contributed by atoms with Gasteiger partial charge in [0.1, 0.15) is 12.4 Å². The first-order valence-corrected chi connectivity index (χ1v) is 10.5. The number of benzene rings is 2. The third-order valence-electron chi connectivity index (χ3n) is 4.99. The Kier molecular flexibility index (Phi) is 6.63. The number of hydrogen-bond acceptors (Lipinski definition) is 2. The van der Waals surface area contributed by atoms with E-state index in [9.17, 15) is 9.90 Å². The van der Waals surface area contributed by atoms with Gasteiger partial charge in [0.25, 0.3) is 0 Å². The van der Waals surface area contributed by atoms with E-state index < -0.39 is 6.09 Å². The van der Waals surface area contributed by atoms with Crippen molar-refractivity contribution in [1.82, 2.24) is 4.90 Å². The summed E-state index contributed by atoms with van der Waals surface area (Å²) in [6.07, 6.45) is 0.896. The molecular weight excluding hydrogens is 453 g/mol. The lowest BCUT2D eigenvalue weighted by Gasteiger charge is -2.24. The van der Waals surface area contributed by atoms with Gasteiger partial charge in [-0.2, -0.15) is 0 Å². The van der Waals surface area contributed by atoms with Crippen molar-refractivity contribution in [2.75, 3.05) is 13.1 Å². The molecule has 1 amide bonds. The summed E-state index contributed by atoms with van der Waals surface area (Å²) < 4.78 is 7.20. The molecule has 2 aromatic rings. The van der Waals surface area contributed by atoms with Crippen molar-refractivity contribution in [2.24, 2.45) is 5.92 Å².